The van der Waals surface area contributed by atoms with Crippen molar-refractivity contribution >= 4 is 33.5 Å². The van der Waals surface area contributed by atoms with Gasteiger partial charge in [-0.3, -0.25) is 0 Å². The summed E-state index contributed by atoms with van der Waals surface area (Å²) in [5.74, 6) is -1.46. The van der Waals surface area contributed by atoms with E-state index in [-0.39, 0.29) is 4.90 Å². The van der Waals surface area contributed by atoms with Crippen LogP contribution in [0.25, 0.3) is 6.08 Å². The number of hydrogen-bond acceptors (Lipinski definition) is 3. The van der Waals surface area contributed by atoms with E-state index in [0.717, 1.165) is 6.08 Å². The summed E-state index contributed by atoms with van der Waals surface area (Å²) in [6.07, 6.45) is 1.11. The third kappa shape index (κ3) is 1.44. The molecule has 0 saturated heterocycles. The average Bonchev–Trinajstić information content (AvgIpc) is 2.37. The van der Waals surface area contributed by atoms with E-state index < -0.39 is 20.7 Å². The third-order valence-electron chi connectivity index (χ3n) is 2.05. The van der Waals surface area contributed by atoms with Crippen LogP contribution >= 0.6 is 11.6 Å². The molecule has 15 heavy (non-hydrogen) atoms. The molecule has 1 aliphatic rings. The average molecular weight is 245 g/mol. The van der Waals surface area contributed by atoms with E-state index in [1.807, 2.05) is 0 Å². The summed E-state index contributed by atoms with van der Waals surface area (Å²) in [4.78, 5) is 10.1. The Balaban J connectivity index is 2.74. The maximum absolute atomic E-state index is 11.6. The number of sulfone groups is 1. The highest BCUT2D eigenvalue weighted by Crippen LogP contribution is 2.34. The second kappa shape index (κ2) is 3.08. The molecule has 1 aromatic rings. The minimum Gasteiger partial charge on any atom is -0.477 e. The number of carboxylic acid groups (broad SMARTS) is 1. The second-order valence-corrected chi connectivity index (χ2v) is 5.32. The van der Waals surface area contributed by atoms with Crippen LogP contribution in [0.1, 0.15) is 5.56 Å². The molecule has 0 unspecified atom stereocenters. The first-order chi connectivity index (χ1) is 6.93. The Morgan fingerprint density at radius 3 is 2.60 bits per heavy atom. The summed E-state index contributed by atoms with van der Waals surface area (Å²) in [6, 6.07) is 4.14. The Labute approximate surface area is 90.7 Å². The van der Waals surface area contributed by atoms with Crippen LogP contribution in [0.5, 0.6) is 0 Å². The minimum atomic E-state index is -3.86. The predicted molar refractivity (Wildman–Crippen MR) is 54.3 cm³/mol. The molecule has 4 nitrogen and oxygen atoms in total. The summed E-state index contributed by atoms with van der Waals surface area (Å²) in [5, 5.41) is 9.08. The largest absolute Gasteiger partial charge is 0.477 e. The van der Waals surface area contributed by atoms with Gasteiger partial charge >= 0.3 is 5.97 Å². The minimum absolute atomic E-state index is 0.00991. The molecule has 0 fully saturated rings. The van der Waals surface area contributed by atoms with Gasteiger partial charge in [-0.1, -0.05) is 11.6 Å². The van der Waals surface area contributed by atoms with Crippen molar-refractivity contribution in [2.75, 3.05) is 0 Å². The van der Waals surface area contributed by atoms with E-state index in [4.69, 9.17) is 16.7 Å². The SMILES string of the molecule is O=C(O)C1=Cc2cc(Cl)ccc2S1(=O)=O. The number of benzene rings is 1. The Bertz CT molecular complexity index is 586. The van der Waals surface area contributed by atoms with Crippen LogP contribution in [0.4, 0.5) is 0 Å². The maximum Gasteiger partial charge on any atom is 0.347 e. The van der Waals surface area contributed by atoms with E-state index in [1.54, 1.807) is 0 Å². The van der Waals surface area contributed by atoms with Gasteiger partial charge in [0.05, 0.1) is 4.90 Å². The Kier molecular flexibility index (Phi) is 2.09. The first-order valence-electron chi connectivity index (χ1n) is 3.92. The van der Waals surface area contributed by atoms with Crippen LogP contribution in [-0.2, 0) is 14.6 Å². The van der Waals surface area contributed by atoms with Crippen molar-refractivity contribution in [1.82, 2.24) is 0 Å². The Hall–Kier alpha value is -1.33. The molecule has 0 aromatic heterocycles. The monoisotopic (exact) mass is 244 g/mol. The molecule has 2 rings (SSSR count). The Morgan fingerprint density at radius 1 is 1.33 bits per heavy atom. The van der Waals surface area contributed by atoms with Crippen LogP contribution in [0.15, 0.2) is 28.0 Å². The highest BCUT2D eigenvalue weighted by atomic mass is 35.5. The number of carboxylic acids is 1. The summed E-state index contributed by atoms with van der Waals surface area (Å²) in [5.41, 5.74) is 0.319. The fraction of sp³-hybridized carbons (Fsp3) is 0. The molecule has 0 atom stereocenters. The quantitative estimate of drug-likeness (QED) is 0.814. The molecule has 1 aliphatic heterocycles. The van der Waals surface area contributed by atoms with Crippen molar-refractivity contribution in [3.05, 3.63) is 33.7 Å². The maximum atomic E-state index is 11.6. The lowest BCUT2D eigenvalue weighted by Gasteiger charge is -1.99. The van der Waals surface area contributed by atoms with Crippen molar-refractivity contribution in [2.24, 2.45) is 0 Å². The zero-order chi connectivity index (χ0) is 11.2. The zero-order valence-electron chi connectivity index (χ0n) is 7.27. The van der Waals surface area contributed by atoms with Gasteiger partial charge < -0.3 is 5.11 Å². The van der Waals surface area contributed by atoms with Gasteiger partial charge in [-0.15, -0.1) is 0 Å². The number of carbonyl (C=O) groups is 1. The van der Waals surface area contributed by atoms with Crippen LogP contribution in [-0.4, -0.2) is 19.5 Å². The number of aliphatic carboxylic acids is 1. The molecule has 6 heteroatoms. The lowest BCUT2D eigenvalue weighted by Crippen LogP contribution is -2.09. The van der Waals surface area contributed by atoms with Gasteiger partial charge in [-0.25, -0.2) is 13.2 Å². The highest BCUT2D eigenvalue weighted by molar-refractivity contribution is 7.96. The lowest BCUT2D eigenvalue weighted by molar-refractivity contribution is -0.131. The van der Waals surface area contributed by atoms with Gasteiger partial charge in [-0.05, 0) is 29.8 Å². The molecule has 1 aromatic carbocycles. The van der Waals surface area contributed by atoms with Gasteiger partial charge in [0.1, 0.15) is 0 Å². The normalized spacial score (nSPS) is 17.0. The molecular weight excluding hydrogens is 240 g/mol. The summed E-state index contributed by atoms with van der Waals surface area (Å²) >= 11 is 5.67. The molecule has 0 saturated carbocycles. The number of halogens is 1. The highest BCUT2D eigenvalue weighted by Gasteiger charge is 2.34. The van der Waals surface area contributed by atoms with Crippen molar-refractivity contribution < 1.29 is 18.3 Å². The van der Waals surface area contributed by atoms with E-state index in [9.17, 15) is 13.2 Å². The van der Waals surface area contributed by atoms with Crippen molar-refractivity contribution in [3.63, 3.8) is 0 Å². The van der Waals surface area contributed by atoms with E-state index in [1.165, 1.54) is 18.2 Å². The smallest absolute Gasteiger partial charge is 0.347 e. The third-order valence-corrected chi connectivity index (χ3v) is 4.11. The van der Waals surface area contributed by atoms with E-state index >= 15 is 0 Å². The van der Waals surface area contributed by atoms with Crippen molar-refractivity contribution in [2.45, 2.75) is 4.90 Å². The van der Waals surface area contributed by atoms with Gasteiger partial charge in [0.25, 0.3) is 0 Å². The van der Waals surface area contributed by atoms with E-state index in [2.05, 4.69) is 0 Å². The molecule has 0 amide bonds. The summed E-state index contributed by atoms with van der Waals surface area (Å²) < 4.78 is 23.3. The molecule has 0 bridgehead atoms. The van der Waals surface area contributed by atoms with Gasteiger partial charge in [0.2, 0.25) is 9.84 Å². The number of rotatable bonds is 1. The molecule has 0 aliphatic carbocycles. The first-order valence-corrected chi connectivity index (χ1v) is 5.78. The lowest BCUT2D eigenvalue weighted by atomic mass is 10.2. The zero-order valence-corrected chi connectivity index (χ0v) is 8.84. The molecule has 0 radical (unpaired) electrons. The number of fused-ring (bicyclic) bond motifs is 1. The molecule has 1 N–H and O–H groups in total. The van der Waals surface area contributed by atoms with E-state index in [0.29, 0.717) is 10.6 Å². The van der Waals surface area contributed by atoms with Crippen LogP contribution in [0, 0.1) is 0 Å². The van der Waals surface area contributed by atoms with Crippen LogP contribution in [0.3, 0.4) is 0 Å². The van der Waals surface area contributed by atoms with Crippen LogP contribution in [0.2, 0.25) is 5.02 Å². The molecule has 78 valence electrons. The van der Waals surface area contributed by atoms with Gasteiger partial charge in [0, 0.05) is 5.02 Å². The van der Waals surface area contributed by atoms with Crippen molar-refractivity contribution in [1.29, 1.82) is 0 Å². The molecule has 1 heterocycles. The molecule has 0 spiro atoms. The topological polar surface area (TPSA) is 71.4 Å². The van der Waals surface area contributed by atoms with Crippen LogP contribution < -0.4 is 0 Å². The summed E-state index contributed by atoms with van der Waals surface area (Å²) in [6.45, 7) is 0. The summed E-state index contributed by atoms with van der Waals surface area (Å²) in [7, 11) is -3.86. The van der Waals surface area contributed by atoms with Gasteiger partial charge in [-0.2, -0.15) is 0 Å². The van der Waals surface area contributed by atoms with Gasteiger partial charge in [0.15, 0.2) is 4.91 Å². The second-order valence-electron chi connectivity index (χ2n) is 3.00. The molecular formula is C9H5ClO4S. The predicted octanol–water partition coefficient (Wildman–Crippen LogP) is 1.55. The fourth-order valence-electron chi connectivity index (χ4n) is 1.39. The number of hydrogen-bond donors (Lipinski definition) is 1. The van der Waals surface area contributed by atoms with Crippen molar-refractivity contribution in [3.8, 4) is 0 Å². The fourth-order valence-corrected chi connectivity index (χ4v) is 3.00. The first kappa shape index (κ1) is 10.2. The Morgan fingerprint density at radius 2 is 2.00 bits per heavy atom. The standard InChI is InChI=1S/C9H5ClO4S/c10-6-1-2-7-5(3-6)4-8(9(11)12)15(7,13)14/h1-4H,(H,11,12).